The van der Waals surface area contributed by atoms with E-state index in [1.54, 1.807) is 6.92 Å². The van der Waals surface area contributed by atoms with Crippen LogP contribution in [-0.2, 0) is 19.1 Å². The van der Waals surface area contributed by atoms with Crippen LogP contribution in [0.4, 0.5) is 0 Å². The van der Waals surface area contributed by atoms with Crippen molar-refractivity contribution >= 4 is 11.9 Å². The molecule has 0 bridgehead atoms. The third-order valence-electron chi connectivity index (χ3n) is 3.60. The van der Waals surface area contributed by atoms with Crippen LogP contribution in [0.2, 0.25) is 0 Å². The second-order valence-electron chi connectivity index (χ2n) is 4.67. The number of carbonyl (C=O) groups excluding carboxylic acids is 2. The van der Waals surface area contributed by atoms with E-state index in [2.05, 4.69) is 0 Å². The Morgan fingerprint density at radius 2 is 2.29 bits per heavy atom. The summed E-state index contributed by atoms with van der Waals surface area (Å²) in [5.74, 6) is -1.13. The molecule has 1 heterocycles. The third kappa shape index (κ3) is 2.21. The van der Waals surface area contributed by atoms with Crippen molar-refractivity contribution < 1.29 is 19.1 Å². The maximum Gasteiger partial charge on any atom is 0.310 e. The normalized spacial score (nSPS) is 36.0. The lowest BCUT2D eigenvalue weighted by atomic mass is 9.69. The minimum Gasteiger partial charge on any atom is -0.466 e. The number of ether oxygens (including phenoxy) is 2. The van der Waals surface area contributed by atoms with Crippen molar-refractivity contribution in [3.8, 4) is 0 Å². The zero-order valence-corrected chi connectivity index (χ0v) is 10.2. The summed E-state index contributed by atoms with van der Waals surface area (Å²) in [5.41, 5.74) is 0. The van der Waals surface area contributed by atoms with Crippen molar-refractivity contribution in [1.82, 2.24) is 0 Å². The van der Waals surface area contributed by atoms with Gasteiger partial charge in [0.15, 0.2) is 0 Å². The second-order valence-corrected chi connectivity index (χ2v) is 4.67. The standard InChI is InChI=1S/C13H18O4/c1-3-16-12(14)10-8(2)4-5-9-6-7-17-13(15)11(9)10/h4-5,8-11H,3,6-7H2,1-2H3/t8-,9-,10+,11+/m1/s1. The van der Waals surface area contributed by atoms with Crippen molar-refractivity contribution in [1.29, 1.82) is 0 Å². The van der Waals surface area contributed by atoms with Gasteiger partial charge in [-0.15, -0.1) is 0 Å². The molecular formula is C13H18O4. The smallest absolute Gasteiger partial charge is 0.310 e. The molecule has 0 N–H and O–H groups in total. The molecule has 0 unspecified atom stereocenters. The Balaban J connectivity index is 2.24. The van der Waals surface area contributed by atoms with Gasteiger partial charge >= 0.3 is 11.9 Å². The molecule has 1 saturated heterocycles. The molecule has 2 rings (SSSR count). The predicted octanol–water partition coefficient (Wildman–Crippen LogP) is 1.55. The Hall–Kier alpha value is -1.32. The molecule has 94 valence electrons. The minimum atomic E-state index is -0.391. The van der Waals surface area contributed by atoms with Crippen molar-refractivity contribution in [2.45, 2.75) is 20.3 Å². The Kier molecular flexibility index (Phi) is 3.50. The molecule has 4 atom stereocenters. The lowest BCUT2D eigenvalue weighted by molar-refractivity contribution is -0.169. The van der Waals surface area contributed by atoms with E-state index in [4.69, 9.17) is 9.47 Å². The lowest BCUT2D eigenvalue weighted by Crippen LogP contribution is -2.45. The van der Waals surface area contributed by atoms with Crippen LogP contribution < -0.4 is 0 Å². The van der Waals surface area contributed by atoms with Crippen LogP contribution in [-0.4, -0.2) is 25.2 Å². The van der Waals surface area contributed by atoms with Crippen LogP contribution in [0.3, 0.4) is 0 Å². The number of hydrogen-bond donors (Lipinski definition) is 0. The molecule has 0 amide bonds. The first-order chi connectivity index (χ1) is 8.15. The molecule has 0 radical (unpaired) electrons. The van der Waals surface area contributed by atoms with Crippen molar-refractivity contribution in [3.63, 3.8) is 0 Å². The summed E-state index contributed by atoms with van der Waals surface area (Å²) >= 11 is 0. The van der Waals surface area contributed by atoms with Gasteiger partial charge in [0.05, 0.1) is 25.0 Å². The monoisotopic (exact) mass is 238 g/mol. The Labute approximate surface area is 101 Å². The zero-order chi connectivity index (χ0) is 12.4. The average molecular weight is 238 g/mol. The van der Waals surface area contributed by atoms with Gasteiger partial charge in [-0.1, -0.05) is 19.1 Å². The van der Waals surface area contributed by atoms with E-state index < -0.39 is 5.92 Å². The first kappa shape index (κ1) is 12.1. The van der Waals surface area contributed by atoms with E-state index in [1.165, 1.54) is 0 Å². The molecule has 0 saturated carbocycles. The van der Waals surface area contributed by atoms with E-state index in [9.17, 15) is 9.59 Å². The summed E-state index contributed by atoms with van der Waals surface area (Å²) in [7, 11) is 0. The van der Waals surface area contributed by atoms with Crippen LogP contribution in [0.5, 0.6) is 0 Å². The molecule has 0 aromatic rings. The molecule has 1 aliphatic heterocycles. The fourth-order valence-corrected chi connectivity index (χ4v) is 2.74. The van der Waals surface area contributed by atoms with E-state index >= 15 is 0 Å². The van der Waals surface area contributed by atoms with Gasteiger partial charge < -0.3 is 9.47 Å². The molecule has 1 fully saturated rings. The topological polar surface area (TPSA) is 52.6 Å². The van der Waals surface area contributed by atoms with E-state index in [-0.39, 0.29) is 29.7 Å². The maximum atomic E-state index is 11.9. The number of allylic oxidation sites excluding steroid dienone is 2. The molecule has 1 aliphatic carbocycles. The first-order valence-corrected chi connectivity index (χ1v) is 6.16. The second kappa shape index (κ2) is 4.90. The first-order valence-electron chi connectivity index (χ1n) is 6.16. The van der Waals surface area contributed by atoms with Crippen molar-refractivity contribution in [2.24, 2.45) is 23.7 Å². The SMILES string of the molecule is CCOC(=O)[C@@H]1[C@H]2C(=O)OCC[C@H]2C=C[C@H]1C. The summed E-state index contributed by atoms with van der Waals surface area (Å²) in [6.07, 6.45) is 4.86. The molecule has 0 aromatic heterocycles. The zero-order valence-electron chi connectivity index (χ0n) is 10.2. The summed E-state index contributed by atoms with van der Waals surface area (Å²) in [6, 6.07) is 0. The highest BCUT2D eigenvalue weighted by atomic mass is 16.5. The summed E-state index contributed by atoms with van der Waals surface area (Å²) in [5, 5.41) is 0. The molecule has 4 heteroatoms. The highest BCUT2D eigenvalue weighted by molar-refractivity contribution is 5.83. The number of hydrogen-bond acceptors (Lipinski definition) is 4. The van der Waals surface area contributed by atoms with Crippen LogP contribution in [0.25, 0.3) is 0 Å². The Morgan fingerprint density at radius 3 is 3.00 bits per heavy atom. The molecule has 2 aliphatic rings. The average Bonchev–Trinajstić information content (AvgIpc) is 2.30. The lowest BCUT2D eigenvalue weighted by Gasteiger charge is -2.37. The molecule has 0 spiro atoms. The van der Waals surface area contributed by atoms with Gasteiger partial charge in [-0.3, -0.25) is 9.59 Å². The summed E-state index contributed by atoms with van der Waals surface area (Å²) in [4.78, 5) is 23.8. The quantitative estimate of drug-likeness (QED) is 0.541. The number of carbonyl (C=O) groups is 2. The van der Waals surface area contributed by atoms with Crippen molar-refractivity contribution in [3.05, 3.63) is 12.2 Å². The number of esters is 2. The number of fused-ring (bicyclic) bond motifs is 1. The molecule has 17 heavy (non-hydrogen) atoms. The van der Waals surface area contributed by atoms with Crippen LogP contribution in [0.15, 0.2) is 12.2 Å². The van der Waals surface area contributed by atoms with Gasteiger partial charge in [-0.2, -0.15) is 0 Å². The van der Waals surface area contributed by atoms with Gasteiger partial charge in [0.1, 0.15) is 0 Å². The van der Waals surface area contributed by atoms with E-state index in [0.29, 0.717) is 13.2 Å². The third-order valence-corrected chi connectivity index (χ3v) is 3.60. The van der Waals surface area contributed by atoms with Gasteiger partial charge in [-0.05, 0) is 25.2 Å². The van der Waals surface area contributed by atoms with E-state index in [1.807, 2.05) is 19.1 Å². The van der Waals surface area contributed by atoms with Gasteiger partial charge in [0, 0.05) is 0 Å². The van der Waals surface area contributed by atoms with Gasteiger partial charge in [0.25, 0.3) is 0 Å². The number of rotatable bonds is 2. The number of cyclic esters (lactones) is 1. The molecule has 4 nitrogen and oxygen atoms in total. The van der Waals surface area contributed by atoms with Gasteiger partial charge in [0.2, 0.25) is 0 Å². The van der Waals surface area contributed by atoms with Gasteiger partial charge in [-0.25, -0.2) is 0 Å². The molecular weight excluding hydrogens is 220 g/mol. The fraction of sp³-hybridized carbons (Fsp3) is 0.692. The fourth-order valence-electron chi connectivity index (χ4n) is 2.74. The van der Waals surface area contributed by atoms with Crippen LogP contribution in [0, 0.1) is 23.7 Å². The van der Waals surface area contributed by atoms with Crippen LogP contribution in [0.1, 0.15) is 20.3 Å². The highest BCUT2D eigenvalue weighted by Crippen LogP contribution is 2.39. The van der Waals surface area contributed by atoms with Crippen molar-refractivity contribution in [2.75, 3.05) is 13.2 Å². The maximum absolute atomic E-state index is 11.9. The molecule has 0 aromatic carbocycles. The Morgan fingerprint density at radius 1 is 1.53 bits per heavy atom. The largest absolute Gasteiger partial charge is 0.466 e. The highest BCUT2D eigenvalue weighted by Gasteiger charge is 2.46. The minimum absolute atomic E-state index is 0.0287. The van der Waals surface area contributed by atoms with Crippen LogP contribution >= 0.6 is 0 Å². The van der Waals surface area contributed by atoms with E-state index in [0.717, 1.165) is 6.42 Å². The summed E-state index contributed by atoms with van der Waals surface area (Å²) < 4.78 is 10.1. The Bertz CT molecular complexity index is 347. The predicted molar refractivity (Wildman–Crippen MR) is 61.0 cm³/mol. The summed E-state index contributed by atoms with van der Waals surface area (Å²) in [6.45, 7) is 4.51.